The van der Waals surface area contributed by atoms with Gasteiger partial charge in [-0.3, -0.25) is 14.5 Å². The quantitative estimate of drug-likeness (QED) is 0.564. The third-order valence-electron chi connectivity index (χ3n) is 6.89. The molecule has 0 saturated carbocycles. The highest BCUT2D eigenvalue weighted by atomic mass is 35.5. The average Bonchev–Trinajstić information content (AvgIpc) is 3.28. The molecule has 2 aliphatic heterocycles. The van der Waals surface area contributed by atoms with E-state index in [-0.39, 0.29) is 30.3 Å². The first-order valence-electron chi connectivity index (χ1n) is 12.3. The normalized spacial score (nSPS) is 20.5. The van der Waals surface area contributed by atoms with Crippen LogP contribution in [0.4, 0.5) is 0 Å². The van der Waals surface area contributed by atoms with Crippen molar-refractivity contribution in [3.8, 4) is 10.6 Å². The molecule has 1 aromatic heterocycles. The zero-order chi connectivity index (χ0) is 23.4. The number of aromatic nitrogens is 1. The molecule has 2 fully saturated rings. The van der Waals surface area contributed by atoms with Gasteiger partial charge >= 0.3 is 0 Å². The molecular weight excluding hydrogens is 468 g/mol. The maximum absolute atomic E-state index is 13.4. The number of carbonyl (C=O) groups excluding carboxylic acids is 2. The summed E-state index contributed by atoms with van der Waals surface area (Å²) in [6.07, 6.45) is 4.00. The lowest BCUT2D eigenvalue weighted by Gasteiger charge is -2.52. The van der Waals surface area contributed by atoms with Crippen molar-refractivity contribution in [1.82, 2.24) is 20.1 Å². The summed E-state index contributed by atoms with van der Waals surface area (Å²) >= 11 is 1.67. The lowest BCUT2D eigenvalue weighted by Crippen LogP contribution is -2.73. The molecular formula is C26H37ClN4O2S. The zero-order valence-electron chi connectivity index (χ0n) is 20.5. The molecule has 1 unspecified atom stereocenters. The van der Waals surface area contributed by atoms with E-state index in [0.717, 1.165) is 48.7 Å². The summed E-state index contributed by atoms with van der Waals surface area (Å²) < 4.78 is 0. The van der Waals surface area contributed by atoms with Gasteiger partial charge in [-0.1, -0.05) is 57.5 Å². The molecule has 1 N–H and O–H groups in total. The monoisotopic (exact) mass is 504 g/mol. The molecule has 0 bridgehead atoms. The van der Waals surface area contributed by atoms with Gasteiger partial charge in [0.2, 0.25) is 11.8 Å². The molecule has 8 heteroatoms. The fourth-order valence-corrected chi connectivity index (χ4v) is 5.86. The van der Waals surface area contributed by atoms with Crippen LogP contribution in [-0.4, -0.2) is 57.8 Å². The molecule has 3 heterocycles. The fourth-order valence-electron chi connectivity index (χ4n) is 5.05. The van der Waals surface area contributed by atoms with Gasteiger partial charge in [-0.2, -0.15) is 0 Å². The highest BCUT2D eigenvalue weighted by Crippen LogP contribution is 2.35. The molecule has 2 aliphatic rings. The second kappa shape index (κ2) is 11.6. The number of nitrogens with one attached hydrogen (secondary N) is 1. The molecule has 2 saturated heterocycles. The molecule has 0 aliphatic carbocycles. The number of piperazine rings is 1. The summed E-state index contributed by atoms with van der Waals surface area (Å²) in [5.41, 5.74) is 1.51. The summed E-state index contributed by atoms with van der Waals surface area (Å²) in [7, 11) is 0. The largest absolute Gasteiger partial charge is 0.342 e. The Kier molecular flexibility index (Phi) is 9.13. The fraction of sp³-hybridized carbons (Fsp3) is 0.577. The van der Waals surface area contributed by atoms with Crippen molar-refractivity contribution in [2.75, 3.05) is 19.6 Å². The highest BCUT2D eigenvalue weighted by molar-refractivity contribution is 7.13. The van der Waals surface area contributed by atoms with E-state index in [1.165, 1.54) is 0 Å². The molecule has 6 nitrogen and oxygen atoms in total. The smallest absolute Gasteiger partial charge is 0.246 e. The minimum Gasteiger partial charge on any atom is -0.342 e. The predicted octanol–water partition coefficient (Wildman–Crippen LogP) is 4.74. The maximum atomic E-state index is 13.4. The molecule has 186 valence electrons. The van der Waals surface area contributed by atoms with Gasteiger partial charge in [0.15, 0.2) is 0 Å². The highest BCUT2D eigenvalue weighted by Gasteiger charge is 2.53. The van der Waals surface area contributed by atoms with Gasteiger partial charge in [0.05, 0.1) is 5.69 Å². The zero-order valence-corrected chi connectivity index (χ0v) is 22.1. The lowest BCUT2D eigenvalue weighted by atomic mass is 9.80. The first kappa shape index (κ1) is 26.6. The van der Waals surface area contributed by atoms with E-state index in [9.17, 15) is 9.59 Å². The van der Waals surface area contributed by atoms with E-state index in [1.54, 1.807) is 11.3 Å². The van der Waals surface area contributed by atoms with Gasteiger partial charge in [-0.05, 0) is 31.6 Å². The van der Waals surface area contributed by atoms with Crippen LogP contribution in [0, 0.1) is 5.92 Å². The van der Waals surface area contributed by atoms with Gasteiger partial charge in [0.1, 0.15) is 16.6 Å². The van der Waals surface area contributed by atoms with Crippen LogP contribution >= 0.6 is 23.7 Å². The van der Waals surface area contributed by atoms with Crippen LogP contribution in [0.5, 0.6) is 0 Å². The Morgan fingerprint density at radius 2 is 1.88 bits per heavy atom. The number of nitrogens with zero attached hydrogens (tertiary/aromatic N) is 3. The maximum Gasteiger partial charge on any atom is 0.246 e. The summed E-state index contributed by atoms with van der Waals surface area (Å²) in [5, 5.41) is 6.26. The Balaban J connectivity index is 0.00000324. The number of halogens is 1. The summed E-state index contributed by atoms with van der Waals surface area (Å²) in [6.45, 7) is 9.35. The molecule has 2 amide bonds. The third-order valence-corrected chi connectivity index (χ3v) is 7.83. The number of benzene rings is 1. The summed E-state index contributed by atoms with van der Waals surface area (Å²) in [4.78, 5) is 35.9. The van der Waals surface area contributed by atoms with Crippen LogP contribution in [0.2, 0.25) is 0 Å². The van der Waals surface area contributed by atoms with E-state index < -0.39 is 5.54 Å². The molecule has 1 aromatic carbocycles. The van der Waals surface area contributed by atoms with Crippen molar-refractivity contribution >= 4 is 35.6 Å². The van der Waals surface area contributed by atoms with E-state index in [4.69, 9.17) is 4.98 Å². The summed E-state index contributed by atoms with van der Waals surface area (Å²) in [6, 6.07) is 9.87. The number of thiazole rings is 1. The van der Waals surface area contributed by atoms with Gasteiger partial charge in [-0.25, -0.2) is 4.98 Å². The van der Waals surface area contributed by atoms with Crippen LogP contribution < -0.4 is 5.32 Å². The van der Waals surface area contributed by atoms with Crippen molar-refractivity contribution in [2.24, 2.45) is 5.92 Å². The second-order valence-corrected chi connectivity index (χ2v) is 10.7. The van der Waals surface area contributed by atoms with Crippen LogP contribution in [-0.2, 0) is 16.1 Å². The molecule has 4 rings (SSSR count). The van der Waals surface area contributed by atoms with Crippen molar-refractivity contribution in [1.29, 1.82) is 0 Å². The van der Waals surface area contributed by atoms with Crippen molar-refractivity contribution in [3.05, 3.63) is 41.4 Å². The number of amides is 2. The first-order chi connectivity index (χ1) is 15.9. The topological polar surface area (TPSA) is 65.5 Å². The number of piperidine rings is 1. The van der Waals surface area contributed by atoms with E-state index in [2.05, 4.69) is 48.5 Å². The minimum atomic E-state index is -0.701. The second-order valence-electron chi connectivity index (χ2n) is 9.82. The van der Waals surface area contributed by atoms with Crippen molar-refractivity contribution in [3.63, 3.8) is 0 Å². The standard InChI is InChI=1S/C26H36N4O2S.ClH/c1-4-5-13-30-24(31)22(16-19(2)3)28-25(32)26(30)11-14-29(15-12-26)17-21-18-33-23(27-21)20-9-7-6-8-10-20;/h6-10,18-19,22H,4-5,11-17H2,1-3H3,(H,28,32);1H. The number of unbranched alkanes of at least 4 members (excludes halogenated alkanes) is 1. The van der Waals surface area contributed by atoms with E-state index in [1.807, 2.05) is 23.1 Å². The minimum absolute atomic E-state index is 0. The Morgan fingerprint density at radius 1 is 1.18 bits per heavy atom. The number of likely N-dealkylation sites (tertiary alicyclic amines) is 1. The molecule has 0 radical (unpaired) electrons. The van der Waals surface area contributed by atoms with Crippen LogP contribution in [0.25, 0.3) is 10.6 Å². The Bertz CT molecular complexity index is 957. The van der Waals surface area contributed by atoms with Gasteiger partial charge in [0.25, 0.3) is 0 Å². The SMILES string of the molecule is CCCCN1C(=O)C(CC(C)C)NC(=O)C12CCN(Cc1csc(-c3ccccc3)n1)CC2.Cl. The van der Waals surface area contributed by atoms with Crippen molar-refractivity contribution in [2.45, 2.75) is 71.0 Å². The summed E-state index contributed by atoms with van der Waals surface area (Å²) in [5.74, 6) is 0.516. The van der Waals surface area contributed by atoms with Gasteiger partial charge in [0, 0.05) is 37.1 Å². The Labute approximate surface area is 213 Å². The molecule has 2 aromatic rings. The van der Waals surface area contributed by atoms with Crippen LogP contribution in [0.15, 0.2) is 35.7 Å². The Hall–Kier alpha value is -1.96. The molecule has 1 atom stereocenters. The number of carbonyl (C=O) groups is 2. The number of rotatable bonds is 8. The van der Waals surface area contributed by atoms with Crippen molar-refractivity contribution < 1.29 is 9.59 Å². The molecule has 34 heavy (non-hydrogen) atoms. The number of hydrogen-bond donors (Lipinski definition) is 1. The van der Waals surface area contributed by atoms with Crippen LogP contribution in [0.1, 0.15) is 58.6 Å². The van der Waals surface area contributed by atoms with Crippen LogP contribution in [0.3, 0.4) is 0 Å². The van der Waals surface area contributed by atoms with E-state index in [0.29, 0.717) is 31.7 Å². The average molecular weight is 505 g/mol. The molecule has 1 spiro atoms. The van der Waals surface area contributed by atoms with Gasteiger partial charge in [-0.15, -0.1) is 23.7 Å². The first-order valence-corrected chi connectivity index (χ1v) is 13.2. The van der Waals surface area contributed by atoms with Gasteiger partial charge < -0.3 is 10.2 Å². The Morgan fingerprint density at radius 3 is 2.53 bits per heavy atom. The predicted molar refractivity (Wildman–Crippen MR) is 140 cm³/mol. The third kappa shape index (κ3) is 5.64. The lowest BCUT2D eigenvalue weighted by molar-refractivity contribution is -0.161. The van der Waals surface area contributed by atoms with E-state index >= 15 is 0 Å². The number of hydrogen-bond acceptors (Lipinski definition) is 5.